The molecule has 0 radical (unpaired) electrons. The molecule has 0 aliphatic rings. The maximum atomic E-state index is 10.9. The number of nitrogens with zero attached hydrogens (tertiary/aromatic N) is 1. The zero-order chi connectivity index (χ0) is 15.2. The summed E-state index contributed by atoms with van der Waals surface area (Å²) in [6.45, 7) is 4.62. The van der Waals surface area contributed by atoms with Crippen molar-refractivity contribution in [2.45, 2.75) is 32.4 Å². The summed E-state index contributed by atoms with van der Waals surface area (Å²) in [4.78, 5) is 13.1. The molecule has 0 saturated carbocycles. The minimum absolute atomic E-state index is 0.0689. The molecule has 0 amide bonds. The van der Waals surface area contributed by atoms with E-state index in [1.54, 1.807) is 6.26 Å². The topological polar surface area (TPSA) is 53.7 Å². The van der Waals surface area contributed by atoms with Crippen LogP contribution in [0.1, 0.15) is 37.6 Å². The van der Waals surface area contributed by atoms with Gasteiger partial charge in [0.05, 0.1) is 18.7 Å². The molecular formula is C17H21NO3. The number of carboxylic acid groups (broad SMARTS) is 1. The van der Waals surface area contributed by atoms with Gasteiger partial charge in [-0.1, -0.05) is 30.3 Å². The first-order chi connectivity index (χ1) is 10.1. The number of aliphatic carboxylic acids is 1. The molecular weight excluding hydrogens is 266 g/mol. The van der Waals surface area contributed by atoms with Gasteiger partial charge >= 0.3 is 5.97 Å². The third-order valence-electron chi connectivity index (χ3n) is 3.51. The maximum absolute atomic E-state index is 10.9. The van der Waals surface area contributed by atoms with Crippen LogP contribution in [-0.2, 0) is 4.79 Å². The third kappa shape index (κ3) is 3.95. The largest absolute Gasteiger partial charge is 0.481 e. The number of hydrogen-bond acceptors (Lipinski definition) is 3. The molecule has 4 heteroatoms. The first kappa shape index (κ1) is 15.3. The highest BCUT2D eigenvalue weighted by molar-refractivity contribution is 5.66. The molecule has 2 aromatic rings. The fraction of sp³-hybridized carbons (Fsp3) is 0.353. The molecule has 1 unspecified atom stereocenters. The predicted octanol–water partition coefficient (Wildman–Crippen LogP) is 3.55. The summed E-state index contributed by atoms with van der Waals surface area (Å²) >= 11 is 0. The molecule has 1 atom stereocenters. The highest BCUT2D eigenvalue weighted by Gasteiger charge is 2.27. The van der Waals surface area contributed by atoms with Gasteiger partial charge < -0.3 is 9.52 Å². The maximum Gasteiger partial charge on any atom is 0.304 e. The van der Waals surface area contributed by atoms with E-state index in [2.05, 4.69) is 18.7 Å². The monoisotopic (exact) mass is 287 g/mol. The van der Waals surface area contributed by atoms with E-state index in [1.807, 2.05) is 42.5 Å². The van der Waals surface area contributed by atoms with Gasteiger partial charge in [0.15, 0.2) is 0 Å². The number of carboxylic acids is 1. The van der Waals surface area contributed by atoms with Gasteiger partial charge in [0.2, 0.25) is 0 Å². The smallest absolute Gasteiger partial charge is 0.304 e. The second-order valence-electron chi connectivity index (χ2n) is 5.30. The molecule has 1 heterocycles. The Balaban J connectivity index is 2.35. The van der Waals surface area contributed by atoms with Crippen molar-refractivity contribution in [3.05, 3.63) is 60.1 Å². The number of hydrogen-bond donors (Lipinski definition) is 1. The molecule has 0 aliphatic heterocycles. The van der Waals surface area contributed by atoms with Crippen LogP contribution in [0.4, 0.5) is 0 Å². The van der Waals surface area contributed by atoms with Gasteiger partial charge in [-0.2, -0.15) is 0 Å². The van der Waals surface area contributed by atoms with Crippen molar-refractivity contribution in [2.24, 2.45) is 0 Å². The van der Waals surface area contributed by atoms with E-state index in [-0.39, 0.29) is 18.5 Å². The van der Waals surface area contributed by atoms with Gasteiger partial charge in [-0.25, -0.2) is 0 Å². The van der Waals surface area contributed by atoms with E-state index >= 15 is 0 Å². The summed E-state index contributed by atoms with van der Waals surface area (Å²) in [5.41, 5.74) is 1.10. The Hall–Kier alpha value is -2.07. The summed E-state index contributed by atoms with van der Waals surface area (Å²) in [7, 11) is 0. The van der Waals surface area contributed by atoms with Crippen LogP contribution in [0, 0.1) is 0 Å². The standard InChI is InChI=1S/C17H21NO3/c1-13(2)18(11-10-16(19)20)17(15-9-6-12-21-15)14-7-4-3-5-8-14/h3-9,12-13,17H,10-11H2,1-2H3,(H,19,20). The van der Waals surface area contributed by atoms with E-state index in [0.717, 1.165) is 11.3 Å². The molecule has 1 aromatic heterocycles. The van der Waals surface area contributed by atoms with Crippen LogP contribution < -0.4 is 0 Å². The Morgan fingerprint density at radius 1 is 1.19 bits per heavy atom. The van der Waals surface area contributed by atoms with Crippen LogP contribution in [0.3, 0.4) is 0 Å². The lowest BCUT2D eigenvalue weighted by atomic mass is 10.0. The van der Waals surface area contributed by atoms with Crippen molar-refractivity contribution in [3.63, 3.8) is 0 Å². The van der Waals surface area contributed by atoms with Crippen molar-refractivity contribution >= 4 is 5.97 Å². The van der Waals surface area contributed by atoms with Crippen molar-refractivity contribution in [3.8, 4) is 0 Å². The molecule has 0 aliphatic carbocycles. The fourth-order valence-corrected chi connectivity index (χ4v) is 2.51. The molecule has 0 fully saturated rings. The highest BCUT2D eigenvalue weighted by atomic mass is 16.4. The van der Waals surface area contributed by atoms with Crippen LogP contribution >= 0.6 is 0 Å². The number of rotatable bonds is 7. The molecule has 112 valence electrons. The molecule has 1 aromatic carbocycles. The van der Waals surface area contributed by atoms with Gasteiger partial charge in [0.1, 0.15) is 5.76 Å². The Kier molecular flexibility index (Phi) is 5.17. The molecule has 2 rings (SSSR count). The van der Waals surface area contributed by atoms with Gasteiger partial charge in [-0.05, 0) is 31.5 Å². The fourth-order valence-electron chi connectivity index (χ4n) is 2.51. The average molecular weight is 287 g/mol. The second kappa shape index (κ2) is 7.09. The van der Waals surface area contributed by atoms with Gasteiger partial charge in [-0.15, -0.1) is 0 Å². The quantitative estimate of drug-likeness (QED) is 0.846. The predicted molar refractivity (Wildman–Crippen MR) is 81.1 cm³/mol. The average Bonchev–Trinajstić information content (AvgIpc) is 2.97. The van der Waals surface area contributed by atoms with E-state index in [9.17, 15) is 4.79 Å². The molecule has 1 N–H and O–H groups in total. The summed E-state index contributed by atoms with van der Waals surface area (Å²) in [6.07, 6.45) is 1.77. The van der Waals surface area contributed by atoms with E-state index < -0.39 is 5.97 Å². The minimum Gasteiger partial charge on any atom is -0.481 e. The first-order valence-electron chi connectivity index (χ1n) is 7.15. The normalized spacial score (nSPS) is 12.8. The lowest BCUT2D eigenvalue weighted by molar-refractivity contribution is -0.137. The second-order valence-corrected chi connectivity index (χ2v) is 5.30. The zero-order valence-corrected chi connectivity index (χ0v) is 12.4. The summed E-state index contributed by atoms with van der Waals surface area (Å²) in [6, 6.07) is 14.0. The van der Waals surface area contributed by atoms with Crippen molar-refractivity contribution in [1.82, 2.24) is 4.90 Å². The van der Waals surface area contributed by atoms with Crippen LogP contribution in [0.5, 0.6) is 0 Å². The van der Waals surface area contributed by atoms with Gasteiger partial charge in [0, 0.05) is 12.6 Å². The Bertz CT molecular complexity index is 549. The number of benzene rings is 1. The Morgan fingerprint density at radius 2 is 1.90 bits per heavy atom. The third-order valence-corrected chi connectivity index (χ3v) is 3.51. The van der Waals surface area contributed by atoms with Crippen LogP contribution in [-0.4, -0.2) is 28.6 Å². The molecule has 21 heavy (non-hydrogen) atoms. The number of carbonyl (C=O) groups is 1. The molecule has 4 nitrogen and oxygen atoms in total. The lowest BCUT2D eigenvalue weighted by Gasteiger charge is -2.33. The van der Waals surface area contributed by atoms with Crippen molar-refractivity contribution in [1.29, 1.82) is 0 Å². The van der Waals surface area contributed by atoms with Crippen molar-refractivity contribution < 1.29 is 14.3 Å². The Labute approximate surface area is 125 Å². The summed E-state index contributed by atoms with van der Waals surface area (Å²) in [5, 5.41) is 8.98. The van der Waals surface area contributed by atoms with E-state index in [1.165, 1.54) is 0 Å². The lowest BCUT2D eigenvalue weighted by Crippen LogP contribution is -2.37. The Morgan fingerprint density at radius 3 is 2.43 bits per heavy atom. The highest BCUT2D eigenvalue weighted by Crippen LogP contribution is 2.30. The molecule has 0 spiro atoms. The SMILES string of the molecule is CC(C)N(CCC(=O)O)C(c1ccccc1)c1ccco1. The zero-order valence-electron chi connectivity index (χ0n) is 12.4. The van der Waals surface area contributed by atoms with Crippen molar-refractivity contribution in [2.75, 3.05) is 6.54 Å². The van der Waals surface area contributed by atoms with E-state index in [0.29, 0.717) is 6.54 Å². The number of furan rings is 1. The van der Waals surface area contributed by atoms with Gasteiger partial charge in [0.25, 0.3) is 0 Å². The first-order valence-corrected chi connectivity index (χ1v) is 7.15. The van der Waals surface area contributed by atoms with Crippen LogP contribution in [0.15, 0.2) is 53.1 Å². The summed E-state index contributed by atoms with van der Waals surface area (Å²) < 4.78 is 5.60. The minimum atomic E-state index is -0.785. The van der Waals surface area contributed by atoms with Crippen LogP contribution in [0.2, 0.25) is 0 Å². The molecule has 0 saturated heterocycles. The summed E-state index contributed by atoms with van der Waals surface area (Å²) in [5.74, 6) is 0.0483. The van der Waals surface area contributed by atoms with Gasteiger partial charge in [-0.3, -0.25) is 9.69 Å². The van der Waals surface area contributed by atoms with E-state index in [4.69, 9.17) is 9.52 Å². The molecule has 0 bridgehead atoms. The van der Waals surface area contributed by atoms with Crippen LogP contribution in [0.25, 0.3) is 0 Å².